The van der Waals surface area contributed by atoms with Crippen LogP contribution in [0.3, 0.4) is 0 Å². The Labute approximate surface area is 173 Å². The van der Waals surface area contributed by atoms with E-state index in [-0.39, 0.29) is 5.41 Å². The van der Waals surface area contributed by atoms with Crippen LogP contribution >= 0.6 is 0 Å². The first-order chi connectivity index (χ1) is 14.0. The van der Waals surface area contributed by atoms with Crippen molar-refractivity contribution in [3.8, 4) is 11.5 Å². The molecule has 0 aromatic carbocycles. The van der Waals surface area contributed by atoms with Gasteiger partial charge in [-0.3, -0.25) is 4.79 Å². The Bertz CT molecular complexity index is 963. The van der Waals surface area contributed by atoms with Gasteiger partial charge in [-0.1, -0.05) is 19.9 Å². The standard InChI is InChI=1S/C26H31NO2/c1-25-11-9-18(28)15-17(25)6-7-19-20(25)10-12-26(2)21(19)14-16-5-8-22(27-24(16)26)23-4-3-13-29-23/h3-5,8,13,17,19-21H,6-7,9-12,14-15H2,1-2H3/t17-,19?,20?,21?,25?,26?/m0/s1. The fourth-order valence-corrected chi connectivity index (χ4v) is 7.98. The van der Waals surface area contributed by atoms with Gasteiger partial charge in [0.25, 0.3) is 0 Å². The van der Waals surface area contributed by atoms with Gasteiger partial charge >= 0.3 is 0 Å². The zero-order valence-electron chi connectivity index (χ0n) is 17.6. The SMILES string of the molecule is CC12CCC3C(CC[C@H]4CC(=O)CCC34C)C1Cc1ccc(-c3ccco3)nc12. The summed E-state index contributed by atoms with van der Waals surface area (Å²) in [7, 11) is 0. The summed E-state index contributed by atoms with van der Waals surface area (Å²) >= 11 is 0. The van der Waals surface area contributed by atoms with E-state index in [9.17, 15) is 4.79 Å². The van der Waals surface area contributed by atoms with Gasteiger partial charge in [0.05, 0.1) is 12.0 Å². The molecule has 2 aromatic heterocycles. The van der Waals surface area contributed by atoms with E-state index in [2.05, 4.69) is 26.0 Å². The summed E-state index contributed by atoms with van der Waals surface area (Å²) in [6.45, 7) is 5.01. The van der Waals surface area contributed by atoms with Gasteiger partial charge in [-0.2, -0.15) is 0 Å². The Kier molecular flexibility index (Phi) is 3.74. The lowest BCUT2D eigenvalue weighted by molar-refractivity contribution is -0.135. The van der Waals surface area contributed by atoms with Gasteiger partial charge in [0.15, 0.2) is 5.76 Å². The number of carbonyl (C=O) groups excluding carboxylic acids is 1. The van der Waals surface area contributed by atoms with Crippen molar-refractivity contribution in [3.05, 3.63) is 41.8 Å². The first kappa shape index (κ1) is 17.9. The molecule has 5 unspecified atom stereocenters. The third-order valence-corrected chi connectivity index (χ3v) is 9.60. The van der Waals surface area contributed by atoms with Crippen molar-refractivity contribution in [2.24, 2.45) is 29.1 Å². The highest BCUT2D eigenvalue weighted by atomic mass is 16.3. The van der Waals surface area contributed by atoms with Crippen molar-refractivity contribution in [1.29, 1.82) is 0 Å². The number of rotatable bonds is 1. The Morgan fingerprint density at radius 2 is 1.93 bits per heavy atom. The zero-order chi connectivity index (χ0) is 19.8. The van der Waals surface area contributed by atoms with Gasteiger partial charge in [0.1, 0.15) is 11.5 Å². The Hall–Kier alpha value is -1.90. The molecule has 6 rings (SSSR count). The lowest BCUT2D eigenvalue weighted by atomic mass is 9.45. The minimum atomic E-state index is 0.187. The molecule has 3 nitrogen and oxygen atoms in total. The Morgan fingerprint density at radius 1 is 1.03 bits per heavy atom. The number of nitrogens with zero attached hydrogens (tertiary/aromatic N) is 1. The van der Waals surface area contributed by atoms with Crippen LogP contribution in [0.4, 0.5) is 0 Å². The maximum Gasteiger partial charge on any atom is 0.152 e. The maximum atomic E-state index is 12.1. The van der Waals surface area contributed by atoms with Crippen LogP contribution < -0.4 is 0 Å². The molecule has 0 amide bonds. The molecule has 0 bridgehead atoms. The number of Topliss-reactive ketones (excluding diaryl/α,β-unsaturated/α-hetero) is 1. The van der Waals surface area contributed by atoms with E-state index in [1.54, 1.807) is 6.26 Å². The highest BCUT2D eigenvalue weighted by molar-refractivity contribution is 5.79. The molecule has 6 atom stereocenters. The molecule has 0 N–H and O–H groups in total. The normalized spacial score (nSPS) is 40.7. The summed E-state index contributed by atoms with van der Waals surface area (Å²) in [5.74, 6) is 4.27. The van der Waals surface area contributed by atoms with Crippen molar-refractivity contribution < 1.29 is 9.21 Å². The molecule has 3 heteroatoms. The molecule has 2 heterocycles. The van der Waals surface area contributed by atoms with Gasteiger partial charge in [-0.15, -0.1) is 0 Å². The third kappa shape index (κ3) is 2.42. The summed E-state index contributed by atoms with van der Waals surface area (Å²) < 4.78 is 5.63. The van der Waals surface area contributed by atoms with E-state index in [1.165, 1.54) is 43.4 Å². The number of furan rings is 1. The molecule has 0 radical (unpaired) electrons. The second kappa shape index (κ2) is 6.06. The van der Waals surface area contributed by atoms with E-state index < -0.39 is 0 Å². The lowest BCUT2D eigenvalue weighted by Crippen LogP contribution is -2.54. The van der Waals surface area contributed by atoms with Crippen molar-refractivity contribution in [2.75, 3.05) is 0 Å². The van der Waals surface area contributed by atoms with Crippen LogP contribution in [0.25, 0.3) is 11.5 Å². The molecular weight excluding hydrogens is 358 g/mol. The fraction of sp³-hybridized carbons (Fsp3) is 0.615. The van der Waals surface area contributed by atoms with Gasteiger partial charge in [0.2, 0.25) is 0 Å². The van der Waals surface area contributed by atoms with Crippen molar-refractivity contribution in [1.82, 2.24) is 4.98 Å². The predicted molar refractivity (Wildman–Crippen MR) is 112 cm³/mol. The number of hydrogen-bond donors (Lipinski definition) is 0. The first-order valence-corrected chi connectivity index (χ1v) is 11.5. The molecule has 0 aliphatic heterocycles. The van der Waals surface area contributed by atoms with E-state index in [4.69, 9.17) is 9.40 Å². The van der Waals surface area contributed by atoms with E-state index >= 15 is 0 Å². The van der Waals surface area contributed by atoms with Crippen LogP contribution in [0.2, 0.25) is 0 Å². The number of pyridine rings is 1. The maximum absolute atomic E-state index is 12.1. The minimum Gasteiger partial charge on any atom is -0.463 e. The number of carbonyl (C=O) groups is 1. The molecule has 3 saturated carbocycles. The average Bonchev–Trinajstić information content (AvgIpc) is 3.34. The van der Waals surface area contributed by atoms with Gasteiger partial charge < -0.3 is 4.42 Å². The summed E-state index contributed by atoms with van der Waals surface area (Å²) in [5.41, 5.74) is 4.33. The quantitative estimate of drug-likeness (QED) is 0.604. The molecule has 152 valence electrons. The fourth-order valence-electron chi connectivity index (χ4n) is 7.98. The summed E-state index contributed by atoms with van der Waals surface area (Å²) in [5, 5.41) is 0. The molecule has 29 heavy (non-hydrogen) atoms. The molecule has 4 aliphatic rings. The molecule has 0 spiro atoms. The van der Waals surface area contributed by atoms with Crippen LogP contribution in [-0.4, -0.2) is 10.8 Å². The smallest absolute Gasteiger partial charge is 0.152 e. The van der Waals surface area contributed by atoms with Gasteiger partial charge in [-0.05, 0) is 91.4 Å². The largest absolute Gasteiger partial charge is 0.463 e. The van der Waals surface area contributed by atoms with Crippen LogP contribution in [0, 0.1) is 29.1 Å². The van der Waals surface area contributed by atoms with E-state index in [0.29, 0.717) is 23.0 Å². The highest BCUT2D eigenvalue weighted by Gasteiger charge is 2.59. The van der Waals surface area contributed by atoms with Crippen LogP contribution in [-0.2, 0) is 16.6 Å². The minimum absolute atomic E-state index is 0.187. The highest BCUT2D eigenvalue weighted by Crippen LogP contribution is 2.65. The molecule has 2 aromatic rings. The number of fused-ring (bicyclic) bond motifs is 7. The van der Waals surface area contributed by atoms with Crippen molar-refractivity contribution >= 4 is 5.78 Å². The second-order valence-corrected chi connectivity index (χ2v) is 10.7. The first-order valence-electron chi connectivity index (χ1n) is 11.5. The van der Waals surface area contributed by atoms with E-state index in [0.717, 1.165) is 42.6 Å². The summed E-state index contributed by atoms with van der Waals surface area (Å²) in [6, 6.07) is 8.40. The summed E-state index contributed by atoms with van der Waals surface area (Å²) in [6.07, 6.45) is 10.8. The van der Waals surface area contributed by atoms with Crippen LogP contribution in [0.1, 0.15) is 70.1 Å². The number of ketones is 1. The lowest BCUT2D eigenvalue weighted by Gasteiger charge is -2.59. The molecular formula is C26H31NO2. The van der Waals surface area contributed by atoms with Crippen LogP contribution in [0.5, 0.6) is 0 Å². The number of hydrogen-bond acceptors (Lipinski definition) is 3. The third-order valence-electron chi connectivity index (χ3n) is 9.60. The van der Waals surface area contributed by atoms with Crippen molar-refractivity contribution in [3.63, 3.8) is 0 Å². The monoisotopic (exact) mass is 389 g/mol. The molecule has 4 aliphatic carbocycles. The Morgan fingerprint density at radius 3 is 2.76 bits per heavy atom. The van der Waals surface area contributed by atoms with Gasteiger partial charge in [-0.25, -0.2) is 4.98 Å². The molecule has 0 saturated heterocycles. The van der Waals surface area contributed by atoms with E-state index in [1.807, 2.05) is 12.1 Å². The second-order valence-electron chi connectivity index (χ2n) is 10.7. The zero-order valence-corrected chi connectivity index (χ0v) is 17.6. The number of aromatic nitrogens is 1. The molecule has 3 fully saturated rings. The topological polar surface area (TPSA) is 43.1 Å². The van der Waals surface area contributed by atoms with Gasteiger partial charge in [0, 0.05) is 18.3 Å². The predicted octanol–water partition coefficient (Wildman–Crippen LogP) is 5.97. The van der Waals surface area contributed by atoms with Crippen LogP contribution in [0.15, 0.2) is 34.9 Å². The Balaban J connectivity index is 1.35. The van der Waals surface area contributed by atoms with Crippen molar-refractivity contribution in [2.45, 2.75) is 70.6 Å². The average molecular weight is 390 g/mol. The summed E-state index contributed by atoms with van der Waals surface area (Å²) in [4.78, 5) is 17.3.